The van der Waals surface area contributed by atoms with Gasteiger partial charge in [-0.05, 0) is 23.1 Å². The molecule has 0 aromatic heterocycles. The number of phenolic OH excluding ortho intramolecular Hbond substituents is 1. The lowest BCUT2D eigenvalue weighted by molar-refractivity contribution is -0.137. The zero-order valence-corrected chi connectivity index (χ0v) is 9.06. The highest BCUT2D eigenvalue weighted by Gasteiger charge is 2.23. The van der Waals surface area contributed by atoms with Crippen LogP contribution in [0.15, 0.2) is 12.1 Å². The molecule has 2 rings (SSSR count). The number of hydrogen-bond donors (Lipinski definition) is 2. The van der Waals surface area contributed by atoms with Crippen molar-refractivity contribution in [3.63, 3.8) is 0 Å². The highest BCUT2D eigenvalue weighted by Crippen LogP contribution is 2.36. The fraction of sp³-hybridized carbons (Fsp3) is 0.417. The summed E-state index contributed by atoms with van der Waals surface area (Å²) < 4.78 is 5.31. The van der Waals surface area contributed by atoms with Crippen molar-refractivity contribution in [2.24, 2.45) is 0 Å². The van der Waals surface area contributed by atoms with E-state index in [1.165, 1.54) is 0 Å². The summed E-state index contributed by atoms with van der Waals surface area (Å²) >= 11 is 0. The molecule has 4 heteroatoms. The van der Waals surface area contributed by atoms with E-state index < -0.39 is 5.97 Å². The van der Waals surface area contributed by atoms with Gasteiger partial charge in [-0.1, -0.05) is 13.0 Å². The summed E-state index contributed by atoms with van der Waals surface area (Å²) in [6, 6.07) is 3.44. The van der Waals surface area contributed by atoms with E-state index in [9.17, 15) is 9.90 Å². The second-order valence-electron chi connectivity index (χ2n) is 4.13. The summed E-state index contributed by atoms with van der Waals surface area (Å²) in [6.07, 6.45) is 0.0179. The zero-order valence-electron chi connectivity index (χ0n) is 9.06. The molecular weight excluding hydrogens is 208 g/mol. The molecule has 0 spiro atoms. The van der Waals surface area contributed by atoms with Crippen molar-refractivity contribution in [1.82, 2.24) is 0 Å². The van der Waals surface area contributed by atoms with Crippen molar-refractivity contribution in [3.05, 3.63) is 28.8 Å². The van der Waals surface area contributed by atoms with Gasteiger partial charge in [0.1, 0.15) is 5.75 Å². The molecule has 0 bridgehead atoms. The first-order valence-electron chi connectivity index (χ1n) is 5.22. The van der Waals surface area contributed by atoms with Crippen molar-refractivity contribution < 1.29 is 19.7 Å². The van der Waals surface area contributed by atoms with Gasteiger partial charge in [0.05, 0.1) is 19.6 Å². The topological polar surface area (TPSA) is 66.8 Å². The molecule has 2 N–H and O–H groups in total. The van der Waals surface area contributed by atoms with E-state index in [1.807, 2.05) is 13.0 Å². The maximum Gasteiger partial charge on any atom is 0.303 e. The summed E-state index contributed by atoms with van der Waals surface area (Å²) in [5.74, 6) is -0.893. The van der Waals surface area contributed by atoms with E-state index in [2.05, 4.69) is 0 Å². The van der Waals surface area contributed by atoms with Crippen molar-refractivity contribution in [1.29, 1.82) is 0 Å². The van der Waals surface area contributed by atoms with Gasteiger partial charge in [0.2, 0.25) is 0 Å². The highest BCUT2D eigenvalue weighted by atomic mass is 16.5. The van der Waals surface area contributed by atoms with E-state index in [4.69, 9.17) is 9.84 Å². The molecule has 1 aromatic carbocycles. The molecule has 0 fully saturated rings. The maximum atomic E-state index is 10.7. The van der Waals surface area contributed by atoms with Gasteiger partial charge in [0.15, 0.2) is 0 Å². The van der Waals surface area contributed by atoms with Crippen LogP contribution in [0.1, 0.15) is 36.0 Å². The minimum absolute atomic E-state index is 0.0179. The lowest BCUT2D eigenvalue weighted by Crippen LogP contribution is -2.06. The first kappa shape index (κ1) is 11.0. The molecule has 4 nitrogen and oxygen atoms in total. The van der Waals surface area contributed by atoms with E-state index in [1.54, 1.807) is 6.07 Å². The Morgan fingerprint density at radius 3 is 2.94 bits per heavy atom. The van der Waals surface area contributed by atoms with Gasteiger partial charge >= 0.3 is 5.97 Å². The van der Waals surface area contributed by atoms with Crippen LogP contribution in [-0.4, -0.2) is 16.2 Å². The molecule has 1 aliphatic heterocycles. The van der Waals surface area contributed by atoms with Crippen LogP contribution in [0.3, 0.4) is 0 Å². The number of benzene rings is 1. The molecule has 86 valence electrons. The Kier molecular flexibility index (Phi) is 2.83. The van der Waals surface area contributed by atoms with Crippen LogP contribution in [0.4, 0.5) is 0 Å². The van der Waals surface area contributed by atoms with Crippen molar-refractivity contribution in [2.45, 2.75) is 32.5 Å². The highest BCUT2D eigenvalue weighted by molar-refractivity contribution is 5.68. The average Bonchev–Trinajstić information content (AvgIpc) is 2.63. The van der Waals surface area contributed by atoms with E-state index in [-0.39, 0.29) is 18.1 Å². The molecule has 1 unspecified atom stereocenters. The van der Waals surface area contributed by atoms with E-state index in [0.717, 1.165) is 16.7 Å². The number of phenols is 1. The van der Waals surface area contributed by atoms with Crippen molar-refractivity contribution in [2.75, 3.05) is 0 Å². The molecule has 1 aromatic rings. The molecule has 0 radical (unpaired) electrons. The van der Waals surface area contributed by atoms with Gasteiger partial charge in [-0.2, -0.15) is 0 Å². The number of ether oxygens (including phenoxy) is 1. The summed E-state index contributed by atoms with van der Waals surface area (Å²) in [5, 5.41) is 18.6. The quantitative estimate of drug-likeness (QED) is 0.820. The van der Waals surface area contributed by atoms with Gasteiger partial charge in [-0.25, -0.2) is 0 Å². The Bertz CT molecular complexity index is 425. The largest absolute Gasteiger partial charge is 0.508 e. The van der Waals surface area contributed by atoms with Crippen LogP contribution in [0.25, 0.3) is 0 Å². The molecule has 0 aliphatic carbocycles. The van der Waals surface area contributed by atoms with Crippen LogP contribution < -0.4 is 0 Å². The Morgan fingerprint density at radius 1 is 1.50 bits per heavy atom. The van der Waals surface area contributed by atoms with E-state index in [0.29, 0.717) is 13.2 Å². The smallest absolute Gasteiger partial charge is 0.303 e. The second kappa shape index (κ2) is 4.14. The molecular formula is C12H14O4. The maximum absolute atomic E-state index is 10.7. The summed E-state index contributed by atoms with van der Waals surface area (Å²) in [4.78, 5) is 10.7. The molecule has 1 heterocycles. The Balaban J connectivity index is 2.39. The van der Waals surface area contributed by atoms with Gasteiger partial charge < -0.3 is 14.9 Å². The first-order chi connectivity index (χ1) is 7.59. The van der Waals surface area contributed by atoms with Crippen molar-refractivity contribution in [3.8, 4) is 5.75 Å². The summed E-state index contributed by atoms with van der Waals surface area (Å²) in [5.41, 5.74) is 2.72. The van der Waals surface area contributed by atoms with Gasteiger partial charge in [0.25, 0.3) is 0 Å². The number of carboxylic acids is 1. The third-order valence-corrected chi connectivity index (χ3v) is 2.91. The molecule has 1 atom stereocenters. The Hall–Kier alpha value is -1.55. The Morgan fingerprint density at radius 2 is 2.25 bits per heavy atom. The van der Waals surface area contributed by atoms with Crippen LogP contribution in [0.5, 0.6) is 5.75 Å². The van der Waals surface area contributed by atoms with Crippen LogP contribution in [0, 0.1) is 0 Å². The minimum atomic E-state index is -0.858. The minimum Gasteiger partial charge on any atom is -0.508 e. The zero-order chi connectivity index (χ0) is 11.7. The molecule has 16 heavy (non-hydrogen) atoms. The van der Waals surface area contributed by atoms with Crippen LogP contribution in [0.2, 0.25) is 0 Å². The molecule has 0 amide bonds. The SMILES string of the molecule is CC(CC(=O)O)c1c(O)ccc2c1COC2. The normalized spacial score (nSPS) is 15.8. The van der Waals surface area contributed by atoms with Gasteiger partial charge in [-0.15, -0.1) is 0 Å². The molecule has 0 saturated carbocycles. The number of carbonyl (C=O) groups is 1. The number of hydrogen-bond acceptors (Lipinski definition) is 3. The number of rotatable bonds is 3. The number of aliphatic carboxylic acids is 1. The first-order valence-corrected chi connectivity index (χ1v) is 5.22. The van der Waals surface area contributed by atoms with Gasteiger partial charge in [0, 0.05) is 5.56 Å². The fourth-order valence-electron chi connectivity index (χ4n) is 2.18. The second-order valence-corrected chi connectivity index (χ2v) is 4.13. The summed E-state index contributed by atoms with van der Waals surface area (Å²) in [6.45, 7) is 2.81. The molecule has 0 saturated heterocycles. The fourth-order valence-corrected chi connectivity index (χ4v) is 2.18. The molecule has 1 aliphatic rings. The van der Waals surface area contributed by atoms with Crippen molar-refractivity contribution >= 4 is 5.97 Å². The Labute approximate surface area is 93.5 Å². The van der Waals surface area contributed by atoms with Crippen LogP contribution >= 0.6 is 0 Å². The third kappa shape index (κ3) is 1.88. The lowest BCUT2D eigenvalue weighted by Gasteiger charge is -2.15. The number of fused-ring (bicyclic) bond motifs is 1. The van der Waals surface area contributed by atoms with Crippen LogP contribution in [-0.2, 0) is 22.7 Å². The monoisotopic (exact) mass is 222 g/mol. The van der Waals surface area contributed by atoms with Gasteiger partial charge in [-0.3, -0.25) is 4.79 Å². The number of carboxylic acid groups (broad SMARTS) is 1. The number of aromatic hydroxyl groups is 1. The van der Waals surface area contributed by atoms with E-state index >= 15 is 0 Å². The standard InChI is InChI=1S/C12H14O4/c1-7(4-11(14)15)12-9-6-16-5-8(9)2-3-10(12)13/h2-3,7,13H,4-6H2,1H3,(H,14,15). The third-order valence-electron chi connectivity index (χ3n) is 2.91. The summed E-state index contributed by atoms with van der Waals surface area (Å²) in [7, 11) is 0. The predicted octanol–water partition coefficient (Wildman–Crippen LogP) is 2.00. The predicted molar refractivity (Wildman–Crippen MR) is 57.3 cm³/mol. The average molecular weight is 222 g/mol. The lowest BCUT2D eigenvalue weighted by atomic mass is 9.90.